The number of rotatable bonds is 5. The molecule has 1 N–H and O–H groups in total. The summed E-state index contributed by atoms with van der Waals surface area (Å²) in [6, 6.07) is 6.38. The highest BCUT2D eigenvalue weighted by Crippen LogP contribution is 2.29. The highest BCUT2D eigenvalue weighted by molar-refractivity contribution is 7.71. The maximum Gasteiger partial charge on any atom is 0.178 e. The minimum absolute atomic E-state index is 0.332. The van der Waals surface area contributed by atoms with Gasteiger partial charge in [-0.3, -0.25) is 0 Å². The van der Waals surface area contributed by atoms with Crippen molar-refractivity contribution in [1.82, 2.24) is 14.5 Å². The minimum Gasteiger partial charge on any atom is -0.494 e. The number of nitrogens with one attached hydrogen (secondary N) is 1. The van der Waals surface area contributed by atoms with Gasteiger partial charge in [0.15, 0.2) is 4.77 Å². The summed E-state index contributed by atoms with van der Waals surface area (Å²) >= 11 is 5.54. The molecule has 0 bridgehead atoms. The van der Waals surface area contributed by atoms with E-state index in [0.717, 1.165) is 28.1 Å². The maximum atomic E-state index is 5.54. The van der Waals surface area contributed by atoms with Crippen LogP contribution in [0.25, 0.3) is 11.0 Å². The Labute approximate surface area is 125 Å². The molecule has 20 heavy (non-hydrogen) atoms. The molecule has 0 radical (unpaired) electrons. The molecule has 4 nitrogen and oxygen atoms in total. The fourth-order valence-corrected chi connectivity index (χ4v) is 2.92. The zero-order chi connectivity index (χ0) is 14.9. The standard InChI is InChI=1S/C15H23N3OS/c1-10(2)12(9-17(3)4)18-11-7-6-8-13(19-5)14(11)16-15(18)20/h6-8,10,12H,9H2,1-5H3,(H,16,20). The van der Waals surface area contributed by atoms with Crippen molar-refractivity contribution in [2.24, 2.45) is 5.92 Å². The molecule has 0 aliphatic carbocycles. The van der Waals surface area contributed by atoms with Crippen molar-refractivity contribution in [3.63, 3.8) is 0 Å². The highest BCUT2D eigenvalue weighted by Gasteiger charge is 2.20. The lowest BCUT2D eigenvalue weighted by atomic mass is 10.0. The lowest BCUT2D eigenvalue weighted by Gasteiger charge is -2.26. The third-order valence-electron chi connectivity index (χ3n) is 3.59. The van der Waals surface area contributed by atoms with Crippen molar-refractivity contribution < 1.29 is 4.74 Å². The summed E-state index contributed by atoms with van der Waals surface area (Å²) in [5.74, 6) is 1.33. The molecule has 0 saturated heterocycles. The molecule has 110 valence electrons. The van der Waals surface area contributed by atoms with Crippen molar-refractivity contribution in [2.75, 3.05) is 27.7 Å². The van der Waals surface area contributed by atoms with Crippen LogP contribution in [0.1, 0.15) is 19.9 Å². The minimum atomic E-state index is 0.332. The Morgan fingerprint density at radius 2 is 2.05 bits per heavy atom. The Balaban J connectivity index is 2.63. The zero-order valence-corrected chi connectivity index (χ0v) is 13.6. The number of aromatic amines is 1. The summed E-state index contributed by atoms with van der Waals surface area (Å²) in [6.07, 6.45) is 0. The molecular formula is C15H23N3OS. The highest BCUT2D eigenvalue weighted by atomic mass is 32.1. The van der Waals surface area contributed by atoms with Gasteiger partial charge in [0.2, 0.25) is 0 Å². The van der Waals surface area contributed by atoms with Gasteiger partial charge in [0.05, 0.1) is 18.7 Å². The Morgan fingerprint density at radius 1 is 1.35 bits per heavy atom. The number of fused-ring (bicyclic) bond motifs is 1. The molecule has 0 fully saturated rings. The average molecular weight is 293 g/mol. The van der Waals surface area contributed by atoms with E-state index >= 15 is 0 Å². The van der Waals surface area contributed by atoms with Crippen LogP contribution in [0.15, 0.2) is 18.2 Å². The predicted molar refractivity (Wildman–Crippen MR) is 86.1 cm³/mol. The first kappa shape index (κ1) is 15.1. The van der Waals surface area contributed by atoms with Gasteiger partial charge in [0.25, 0.3) is 0 Å². The van der Waals surface area contributed by atoms with E-state index in [-0.39, 0.29) is 0 Å². The molecule has 1 unspecified atom stereocenters. The number of H-pyrrole nitrogens is 1. The molecule has 2 rings (SSSR count). The second kappa shape index (κ2) is 5.97. The van der Waals surface area contributed by atoms with Crippen LogP contribution in [-0.4, -0.2) is 42.2 Å². The second-order valence-electron chi connectivity index (χ2n) is 5.73. The number of imidazole rings is 1. The Bertz CT molecular complexity index is 642. The van der Waals surface area contributed by atoms with E-state index in [4.69, 9.17) is 17.0 Å². The number of likely N-dealkylation sites (N-methyl/N-ethyl adjacent to an activating group) is 1. The summed E-state index contributed by atoms with van der Waals surface area (Å²) in [7, 11) is 5.87. The zero-order valence-electron chi connectivity index (χ0n) is 12.8. The van der Waals surface area contributed by atoms with Crippen LogP contribution >= 0.6 is 12.2 Å². The molecule has 2 aromatic rings. The van der Waals surface area contributed by atoms with Crippen molar-refractivity contribution in [2.45, 2.75) is 19.9 Å². The third kappa shape index (κ3) is 2.74. The Kier molecular flexibility index (Phi) is 4.50. The molecule has 1 heterocycles. The monoisotopic (exact) mass is 293 g/mol. The number of hydrogen-bond donors (Lipinski definition) is 1. The van der Waals surface area contributed by atoms with Crippen molar-refractivity contribution >= 4 is 23.3 Å². The van der Waals surface area contributed by atoms with Gasteiger partial charge in [-0.2, -0.15) is 0 Å². The van der Waals surface area contributed by atoms with Gasteiger partial charge in [-0.15, -0.1) is 0 Å². The summed E-state index contributed by atoms with van der Waals surface area (Å²) in [5.41, 5.74) is 2.08. The molecule has 0 saturated carbocycles. The quantitative estimate of drug-likeness (QED) is 0.857. The molecule has 0 spiro atoms. The van der Waals surface area contributed by atoms with Gasteiger partial charge in [0, 0.05) is 6.54 Å². The number of ether oxygens (including phenoxy) is 1. The summed E-state index contributed by atoms with van der Waals surface area (Å²) in [4.78, 5) is 5.49. The van der Waals surface area contributed by atoms with E-state index in [0.29, 0.717) is 12.0 Å². The van der Waals surface area contributed by atoms with Crippen LogP contribution in [-0.2, 0) is 0 Å². The van der Waals surface area contributed by atoms with Crippen LogP contribution < -0.4 is 4.74 Å². The maximum absolute atomic E-state index is 5.54. The van der Waals surface area contributed by atoms with Gasteiger partial charge >= 0.3 is 0 Å². The number of hydrogen-bond acceptors (Lipinski definition) is 3. The molecule has 0 aliphatic rings. The lowest BCUT2D eigenvalue weighted by Crippen LogP contribution is -2.28. The SMILES string of the molecule is COc1cccc2c1[nH]c(=S)n2C(CN(C)C)C(C)C. The van der Waals surface area contributed by atoms with Crippen LogP contribution in [0, 0.1) is 10.7 Å². The number of aromatic nitrogens is 2. The average Bonchev–Trinajstić information content (AvgIpc) is 2.71. The van der Waals surface area contributed by atoms with Crippen LogP contribution in [0.3, 0.4) is 0 Å². The summed E-state index contributed by atoms with van der Waals surface area (Å²) in [6.45, 7) is 5.42. The number of para-hydroxylation sites is 1. The van der Waals surface area contributed by atoms with Gasteiger partial charge in [-0.1, -0.05) is 19.9 Å². The molecule has 1 aromatic carbocycles. The number of benzene rings is 1. The lowest BCUT2D eigenvalue weighted by molar-refractivity contribution is 0.272. The molecular weight excluding hydrogens is 270 g/mol. The Morgan fingerprint density at radius 3 is 2.60 bits per heavy atom. The van der Waals surface area contributed by atoms with E-state index in [2.05, 4.69) is 48.5 Å². The fraction of sp³-hybridized carbons (Fsp3) is 0.533. The summed E-state index contributed by atoms with van der Waals surface area (Å²) < 4.78 is 8.39. The molecule has 1 atom stereocenters. The molecule has 0 aliphatic heterocycles. The first-order valence-corrected chi connectivity index (χ1v) is 7.28. The van der Waals surface area contributed by atoms with Crippen LogP contribution in [0.5, 0.6) is 5.75 Å². The van der Waals surface area contributed by atoms with E-state index in [9.17, 15) is 0 Å². The van der Waals surface area contributed by atoms with Gasteiger partial charge in [0.1, 0.15) is 11.3 Å². The third-order valence-corrected chi connectivity index (χ3v) is 3.89. The predicted octanol–water partition coefficient (Wildman–Crippen LogP) is 3.47. The molecule has 0 amide bonds. The van der Waals surface area contributed by atoms with Crippen molar-refractivity contribution in [3.05, 3.63) is 23.0 Å². The van der Waals surface area contributed by atoms with Gasteiger partial charge in [-0.05, 0) is 44.4 Å². The summed E-state index contributed by atoms with van der Waals surface area (Å²) in [5, 5.41) is 0. The topological polar surface area (TPSA) is 33.2 Å². The van der Waals surface area contributed by atoms with Crippen LogP contribution in [0.2, 0.25) is 0 Å². The van der Waals surface area contributed by atoms with Crippen molar-refractivity contribution in [1.29, 1.82) is 0 Å². The second-order valence-corrected chi connectivity index (χ2v) is 6.11. The van der Waals surface area contributed by atoms with Gasteiger partial charge < -0.3 is 19.2 Å². The normalized spacial score (nSPS) is 13.3. The van der Waals surface area contributed by atoms with Crippen molar-refractivity contribution in [3.8, 4) is 5.75 Å². The fourth-order valence-electron chi connectivity index (χ4n) is 2.59. The van der Waals surface area contributed by atoms with E-state index in [1.54, 1.807) is 7.11 Å². The first-order chi connectivity index (χ1) is 9.45. The van der Waals surface area contributed by atoms with E-state index in [1.807, 2.05) is 12.1 Å². The molecule has 5 heteroatoms. The Hall–Kier alpha value is -1.33. The molecule has 1 aromatic heterocycles. The van der Waals surface area contributed by atoms with E-state index < -0.39 is 0 Å². The largest absolute Gasteiger partial charge is 0.494 e. The number of nitrogens with zero attached hydrogens (tertiary/aromatic N) is 2. The van der Waals surface area contributed by atoms with E-state index in [1.165, 1.54) is 0 Å². The van der Waals surface area contributed by atoms with Crippen LogP contribution in [0.4, 0.5) is 0 Å². The van der Waals surface area contributed by atoms with Gasteiger partial charge in [-0.25, -0.2) is 0 Å². The first-order valence-electron chi connectivity index (χ1n) is 6.87. The smallest absolute Gasteiger partial charge is 0.178 e. The number of methoxy groups -OCH3 is 1.